The number of ether oxygens (including phenoxy) is 1. The first-order chi connectivity index (χ1) is 13.9. The van der Waals surface area contributed by atoms with Crippen LogP contribution in [-0.2, 0) is 0 Å². The van der Waals surface area contributed by atoms with E-state index in [1.807, 2.05) is 60.7 Å². The third kappa shape index (κ3) is 3.81. The Kier molecular flexibility index (Phi) is 5.48. The summed E-state index contributed by atoms with van der Waals surface area (Å²) in [5.74, 6) is 2.52. The van der Waals surface area contributed by atoms with Gasteiger partial charge in [-0.15, -0.1) is 10.2 Å². The van der Waals surface area contributed by atoms with Crippen LogP contribution in [0.5, 0.6) is 5.75 Å². The van der Waals surface area contributed by atoms with E-state index >= 15 is 0 Å². The zero-order valence-corrected chi connectivity index (χ0v) is 16.0. The first kappa shape index (κ1) is 18.0. The predicted octanol–water partition coefficient (Wildman–Crippen LogP) is 5.78. The molecule has 4 heteroatoms. The summed E-state index contributed by atoms with van der Waals surface area (Å²) >= 11 is 0. The lowest BCUT2D eigenvalue weighted by atomic mass is 10.1. The number of unbranched alkanes of at least 4 members (excludes halogenated alkanes) is 1. The van der Waals surface area contributed by atoms with Crippen molar-refractivity contribution in [1.29, 1.82) is 0 Å². The molecule has 0 aliphatic rings. The van der Waals surface area contributed by atoms with Gasteiger partial charge < -0.3 is 4.74 Å². The minimum atomic E-state index is 0.744. The fourth-order valence-electron chi connectivity index (χ4n) is 3.10. The highest BCUT2D eigenvalue weighted by Gasteiger charge is 2.16. The van der Waals surface area contributed by atoms with Gasteiger partial charge in [0.25, 0.3) is 0 Å². The van der Waals surface area contributed by atoms with Crippen LogP contribution in [0.15, 0.2) is 84.9 Å². The van der Waals surface area contributed by atoms with Crippen LogP contribution in [0.2, 0.25) is 0 Å². The van der Waals surface area contributed by atoms with E-state index in [0.717, 1.165) is 53.7 Å². The number of hydrogen-bond donors (Lipinski definition) is 0. The van der Waals surface area contributed by atoms with Crippen LogP contribution in [0.25, 0.3) is 28.5 Å². The van der Waals surface area contributed by atoms with E-state index in [0.29, 0.717) is 0 Å². The second kappa shape index (κ2) is 8.53. The maximum Gasteiger partial charge on any atom is 0.168 e. The lowest BCUT2D eigenvalue weighted by Gasteiger charge is -2.11. The minimum Gasteiger partial charge on any atom is -0.494 e. The second-order valence-electron chi connectivity index (χ2n) is 6.61. The number of para-hydroxylation sites is 1. The van der Waals surface area contributed by atoms with Gasteiger partial charge in [0.2, 0.25) is 0 Å². The summed E-state index contributed by atoms with van der Waals surface area (Å²) in [6.07, 6.45) is 2.19. The molecule has 4 rings (SSSR count). The molecule has 0 fully saturated rings. The van der Waals surface area contributed by atoms with E-state index < -0.39 is 0 Å². The van der Waals surface area contributed by atoms with Gasteiger partial charge in [-0.3, -0.25) is 4.57 Å². The van der Waals surface area contributed by atoms with Crippen molar-refractivity contribution < 1.29 is 4.74 Å². The van der Waals surface area contributed by atoms with Crippen LogP contribution in [0.3, 0.4) is 0 Å². The van der Waals surface area contributed by atoms with Gasteiger partial charge in [-0.1, -0.05) is 61.9 Å². The molecule has 0 atom stereocenters. The molecule has 0 spiro atoms. The second-order valence-corrected chi connectivity index (χ2v) is 6.61. The highest BCUT2D eigenvalue weighted by molar-refractivity contribution is 5.67. The predicted molar refractivity (Wildman–Crippen MR) is 113 cm³/mol. The minimum absolute atomic E-state index is 0.744. The van der Waals surface area contributed by atoms with Gasteiger partial charge >= 0.3 is 0 Å². The van der Waals surface area contributed by atoms with E-state index in [9.17, 15) is 0 Å². The van der Waals surface area contributed by atoms with Crippen molar-refractivity contribution in [2.45, 2.75) is 19.8 Å². The number of benzene rings is 3. The summed E-state index contributed by atoms with van der Waals surface area (Å²) < 4.78 is 7.88. The smallest absolute Gasteiger partial charge is 0.168 e. The lowest BCUT2D eigenvalue weighted by Crippen LogP contribution is -2.00. The average molecular weight is 369 g/mol. The van der Waals surface area contributed by atoms with Crippen molar-refractivity contribution in [2.75, 3.05) is 6.61 Å². The molecule has 4 aromatic rings. The van der Waals surface area contributed by atoms with Crippen molar-refractivity contribution in [2.24, 2.45) is 0 Å². The topological polar surface area (TPSA) is 39.9 Å². The molecule has 0 bridgehead atoms. The number of rotatable bonds is 7. The van der Waals surface area contributed by atoms with Crippen molar-refractivity contribution in [3.8, 4) is 34.2 Å². The van der Waals surface area contributed by atoms with Crippen molar-refractivity contribution in [1.82, 2.24) is 14.8 Å². The molecule has 4 nitrogen and oxygen atoms in total. The molecule has 0 saturated carbocycles. The third-order valence-electron chi connectivity index (χ3n) is 4.59. The van der Waals surface area contributed by atoms with Gasteiger partial charge in [-0.2, -0.15) is 0 Å². The standard InChI is InChI=1S/C24H23N3O/c1-2-3-18-28-22-16-14-20(15-17-22)24-26-25-23(19-10-6-4-7-11-19)27(24)21-12-8-5-9-13-21/h4-17H,2-3,18H2,1H3. The number of hydrogen-bond acceptors (Lipinski definition) is 3. The van der Waals surface area contributed by atoms with Crippen LogP contribution >= 0.6 is 0 Å². The fourth-order valence-corrected chi connectivity index (χ4v) is 3.10. The van der Waals surface area contributed by atoms with Gasteiger partial charge in [0, 0.05) is 16.8 Å². The van der Waals surface area contributed by atoms with Crippen molar-refractivity contribution in [3.63, 3.8) is 0 Å². The number of nitrogens with zero attached hydrogens (tertiary/aromatic N) is 3. The highest BCUT2D eigenvalue weighted by Crippen LogP contribution is 2.29. The van der Waals surface area contributed by atoms with Crippen LogP contribution in [0, 0.1) is 0 Å². The van der Waals surface area contributed by atoms with Crippen molar-refractivity contribution in [3.05, 3.63) is 84.9 Å². The quantitative estimate of drug-likeness (QED) is 0.388. The Labute approximate surface area is 165 Å². The molecule has 0 unspecified atom stereocenters. The van der Waals surface area contributed by atoms with E-state index in [4.69, 9.17) is 4.74 Å². The highest BCUT2D eigenvalue weighted by atomic mass is 16.5. The maximum absolute atomic E-state index is 5.78. The Bertz CT molecular complexity index is 1010. The molecule has 140 valence electrons. The summed E-state index contributed by atoms with van der Waals surface area (Å²) in [6, 6.07) is 28.4. The molecule has 28 heavy (non-hydrogen) atoms. The monoisotopic (exact) mass is 369 g/mol. The van der Waals surface area contributed by atoms with Gasteiger partial charge in [0.05, 0.1) is 6.61 Å². The molecule has 0 aliphatic carbocycles. The van der Waals surface area contributed by atoms with E-state index in [1.54, 1.807) is 0 Å². The summed E-state index contributed by atoms with van der Waals surface area (Å²) in [7, 11) is 0. The summed E-state index contributed by atoms with van der Waals surface area (Å²) in [4.78, 5) is 0. The van der Waals surface area contributed by atoms with Gasteiger partial charge in [-0.05, 0) is 42.8 Å². The molecule has 3 aromatic carbocycles. The number of aromatic nitrogens is 3. The summed E-state index contributed by atoms with van der Waals surface area (Å²) in [6.45, 7) is 2.90. The summed E-state index contributed by atoms with van der Waals surface area (Å²) in [5, 5.41) is 9.02. The maximum atomic E-state index is 5.78. The third-order valence-corrected chi connectivity index (χ3v) is 4.59. The fraction of sp³-hybridized carbons (Fsp3) is 0.167. The van der Waals surface area contributed by atoms with E-state index in [-0.39, 0.29) is 0 Å². The zero-order chi connectivity index (χ0) is 19.2. The Morgan fingerprint density at radius 3 is 1.89 bits per heavy atom. The Balaban J connectivity index is 1.74. The van der Waals surface area contributed by atoms with Crippen LogP contribution in [0.4, 0.5) is 0 Å². The molecular formula is C24H23N3O. The van der Waals surface area contributed by atoms with Crippen LogP contribution in [-0.4, -0.2) is 21.4 Å². The van der Waals surface area contributed by atoms with Gasteiger partial charge in [0.1, 0.15) is 5.75 Å². The normalized spacial score (nSPS) is 10.8. The first-order valence-corrected chi connectivity index (χ1v) is 9.66. The van der Waals surface area contributed by atoms with Gasteiger partial charge in [0.15, 0.2) is 11.6 Å². The van der Waals surface area contributed by atoms with E-state index in [2.05, 4.69) is 46.0 Å². The summed E-state index contributed by atoms with van der Waals surface area (Å²) in [5.41, 5.74) is 3.07. The Morgan fingerprint density at radius 1 is 0.714 bits per heavy atom. The van der Waals surface area contributed by atoms with E-state index in [1.165, 1.54) is 0 Å². The Hall–Kier alpha value is -3.40. The lowest BCUT2D eigenvalue weighted by molar-refractivity contribution is 0.309. The molecule has 1 aromatic heterocycles. The molecule has 1 heterocycles. The SMILES string of the molecule is CCCCOc1ccc(-c2nnc(-c3ccccc3)n2-c2ccccc2)cc1. The zero-order valence-electron chi connectivity index (χ0n) is 16.0. The molecule has 0 saturated heterocycles. The first-order valence-electron chi connectivity index (χ1n) is 9.66. The van der Waals surface area contributed by atoms with Gasteiger partial charge in [-0.25, -0.2) is 0 Å². The molecule has 0 N–H and O–H groups in total. The van der Waals surface area contributed by atoms with Crippen LogP contribution in [0.1, 0.15) is 19.8 Å². The largest absolute Gasteiger partial charge is 0.494 e. The molecule has 0 aliphatic heterocycles. The van der Waals surface area contributed by atoms with Crippen LogP contribution < -0.4 is 4.74 Å². The average Bonchev–Trinajstić information content (AvgIpc) is 3.21. The Morgan fingerprint density at radius 2 is 1.29 bits per heavy atom. The molecule has 0 radical (unpaired) electrons. The molecular weight excluding hydrogens is 346 g/mol. The van der Waals surface area contributed by atoms with Crippen molar-refractivity contribution >= 4 is 0 Å². The molecule has 0 amide bonds.